The van der Waals surface area contributed by atoms with Crippen LogP contribution in [0.3, 0.4) is 0 Å². The Labute approximate surface area is 189 Å². The number of nitrogens with zero attached hydrogens (tertiary/aromatic N) is 1. The maximum Gasteiger partial charge on any atom is 0.243 e. The van der Waals surface area contributed by atoms with Crippen LogP contribution in [0.5, 0.6) is 0 Å². The van der Waals surface area contributed by atoms with Gasteiger partial charge in [-0.05, 0) is 52.4 Å². The summed E-state index contributed by atoms with van der Waals surface area (Å²) in [6.45, 7) is 3.23. The Balaban J connectivity index is 1.85. The predicted octanol–water partition coefficient (Wildman–Crippen LogP) is 7.13. The van der Waals surface area contributed by atoms with Crippen molar-refractivity contribution in [2.75, 3.05) is 19.3 Å². The standard InChI is InChI=1S/C29H26NS/c1-21-13-15-22(16-14-21)25-19-26(23-9-5-3-6-10-23)28(29-30(2)17-18-31-29)27(20-25)24-11-7-4-8-12-24/h3-16,19-20H,17-18H2,1-2H3/q+1. The van der Waals surface area contributed by atoms with E-state index in [0.29, 0.717) is 0 Å². The molecule has 0 saturated carbocycles. The van der Waals surface area contributed by atoms with Crippen LogP contribution in [-0.2, 0) is 0 Å². The molecule has 0 saturated heterocycles. The highest BCUT2D eigenvalue weighted by molar-refractivity contribution is 8.14. The van der Waals surface area contributed by atoms with Gasteiger partial charge in [-0.2, -0.15) is 0 Å². The van der Waals surface area contributed by atoms with Crippen LogP contribution in [0.15, 0.2) is 97.1 Å². The van der Waals surface area contributed by atoms with Gasteiger partial charge in [0.15, 0.2) is 6.54 Å². The number of rotatable bonds is 4. The topological polar surface area (TPSA) is 3.01 Å². The number of hydrogen-bond donors (Lipinski definition) is 0. The fourth-order valence-electron chi connectivity index (χ4n) is 4.23. The quantitative estimate of drug-likeness (QED) is 0.317. The van der Waals surface area contributed by atoms with E-state index in [4.69, 9.17) is 0 Å². The van der Waals surface area contributed by atoms with E-state index in [1.807, 2.05) is 11.8 Å². The van der Waals surface area contributed by atoms with Gasteiger partial charge in [-0.1, -0.05) is 102 Å². The van der Waals surface area contributed by atoms with E-state index in [0.717, 1.165) is 12.3 Å². The molecule has 4 aromatic carbocycles. The third-order valence-corrected chi connectivity index (χ3v) is 7.09. The Morgan fingerprint density at radius 3 is 1.68 bits per heavy atom. The summed E-state index contributed by atoms with van der Waals surface area (Å²) in [5.41, 5.74) is 10.3. The summed E-state index contributed by atoms with van der Waals surface area (Å²) in [6, 6.07) is 35.3. The second-order valence-electron chi connectivity index (χ2n) is 8.12. The van der Waals surface area contributed by atoms with Crippen molar-refractivity contribution < 1.29 is 4.58 Å². The van der Waals surface area contributed by atoms with Gasteiger partial charge < -0.3 is 0 Å². The lowest BCUT2D eigenvalue weighted by Crippen LogP contribution is -2.12. The van der Waals surface area contributed by atoms with Crippen molar-refractivity contribution in [3.63, 3.8) is 0 Å². The van der Waals surface area contributed by atoms with Gasteiger partial charge in [0.2, 0.25) is 5.04 Å². The third kappa shape index (κ3) is 3.96. The van der Waals surface area contributed by atoms with Gasteiger partial charge in [-0.3, -0.25) is 0 Å². The van der Waals surface area contributed by atoms with Crippen molar-refractivity contribution >= 4 is 16.8 Å². The van der Waals surface area contributed by atoms with Gasteiger partial charge in [0.05, 0.1) is 11.3 Å². The molecule has 31 heavy (non-hydrogen) atoms. The highest BCUT2D eigenvalue weighted by Gasteiger charge is 2.28. The number of hydrogen-bond acceptors (Lipinski definition) is 1. The Morgan fingerprint density at radius 2 is 1.19 bits per heavy atom. The minimum atomic E-state index is 1.09. The first-order chi connectivity index (χ1) is 15.2. The summed E-state index contributed by atoms with van der Waals surface area (Å²) in [4.78, 5) is 0. The minimum absolute atomic E-state index is 1.09. The zero-order valence-electron chi connectivity index (χ0n) is 18.0. The zero-order chi connectivity index (χ0) is 21.2. The van der Waals surface area contributed by atoms with Crippen LogP contribution in [-0.4, -0.2) is 29.0 Å². The fourth-order valence-corrected chi connectivity index (χ4v) is 5.46. The molecule has 1 nitrogen and oxygen atoms in total. The molecule has 4 aromatic rings. The van der Waals surface area contributed by atoms with Crippen LogP contribution in [0, 0.1) is 6.92 Å². The Kier molecular flexibility index (Phi) is 5.48. The smallest absolute Gasteiger partial charge is 0.226 e. The molecule has 0 N–H and O–H groups in total. The van der Waals surface area contributed by atoms with Gasteiger partial charge in [0.1, 0.15) is 7.05 Å². The molecule has 0 spiro atoms. The van der Waals surface area contributed by atoms with Crippen molar-refractivity contribution in [1.29, 1.82) is 0 Å². The van der Waals surface area contributed by atoms with Crippen LogP contribution >= 0.6 is 11.8 Å². The molecule has 1 aliphatic heterocycles. The summed E-state index contributed by atoms with van der Waals surface area (Å²) in [7, 11) is 2.22. The maximum atomic E-state index is 2.41. The Hall–Kier alpha value is -3.10. The number of thioether (sulfide) groups is 1. The lowest BCUT2D eigenvalue weighted by Gasteiger charge is -2.17. The first-order valence-electron chi connectivity index (χ1n) is 10.8. The lowest BCUT2D eigenvalue weighted by atomic mass is 9.88. The molecule has 1 heterocycles. The summed E-state index contributed by atoms with van der Waals surface area (Å²) >= 11 is 1.97. The molecule has 5 rings (SSSR count). The predicted molar refractivity (Wildman–Crippen MR) is 135 cm³/mol. The van der Waals surface area contributed by atoms with Gasteiger partial charge in [0, 0.05) is 0 Å². The third-order valence-electron chi connectivity index (χ3n) is 5.92. The van der Waals surface area contributed by atoms with Gasteiger partial charge in [-0.25, -0.2) is 4.58 Å². The van der Waals surface area contributed by atoms with E-state index in [9.17, 15) is 0 Å². The second-order valence-corrected chi connectivity index (χ2v) is 9.20. The summed E-state index contributed by atoms with van der Waals surface area (Å²) < 4.78 is 2.41. The monoisotopic (exact) mass is 420 g/mol. The molecule has 0 amide bonds. The minimum Gasteiger partial charge on any atom is -0.226 e. The van der Waals surface area contributed by atoms with Crippen LogP contribution in [0.25, 0.3) is 33.4 Å². The maximum absolute atomic E-state index is 2.41. The van der Waals surface area contributed by atoms with Crippen LogP contribution in [0.2, 0.25) is 0 Å². The summed E-state index contributed by atoms with van der Waals surface area (Å²) in [6.07, 6.45) is 0. The molecular formula is C29H26NS+. The average molecular weight is 421 g/mol. The molecular weight excluding hydrogens is 394 g/mol. The van der Waals surface area contributed by atoms with Crippen LogP contribution < -0.4 is 0 Å². The summed E-state index contributed by atoms with van der Waals surface area (Å²) in [5, 5.41) is 1.37. The number of aryl methyl sites for hydroxylation is 1. The molecule has 0 aromatic heterocycles. The van der Waals surface area contributed by atoms with Crippen molar-refractivity contribution in [1.82, 2.24) is 0 Å². The van der Waals surface area contributed by atoms with Gasteiger partial charge >= 0.3 is 0 Å². The van der Waals surface area contributed by atoms with Crippen molar-refractivity contribution in [3.05, 3.63) is 108 Å². The number of benzene rings is 4. The molecule has 0 radical (unpaired) electrons. The van der Waals surface area contributed by atoms with Crippen molar-refractivity contribution in [3.8, 4) is 33.4 Å². The van der Waals surface area contributed by atoms with Gasteiger partial charge in [-0.15, -0.1) is 0 Å². The highest BCUT2D eigenvalue weighted by Crippen LogP contribution is 2.40. The lowest BCUT2D eigenvalue weighted by molar-refractivity contribution is -0.485. The van der Waals surface area contributed by atoms with E-state index in [1.165, 1.54) is 49.6 Å². The molecule has 0 bridgehead atoms. The SMILES string of the molecule is Cc1ccc(-c2cc(-c3ccccc3)c(C3=[N+](C)CCS3)c(-c3ccccc3)c2)cc1. The largest absolute Gasteiger partial charge is 0.243 e. The molecule has 0 unspecified atom stereocenters. The van der Waals surface area contributed by atoms with E-state index in [1.54, 1.807) is 0 Å². The Morgan fingerprint density at radius 1 is 0.645 bits per heavy atom. The zero-order valence-corrected chi connectivity index (χ0v) is 18.8. The molecule has 0 atom stereocenters. The molecule has 0 aliphatic carbocycles. The van der Waals surface area contributed by atoms with Crippen LogP contribution in [0.4, 0.5) is 0 Å². The average Bonchev–Trinajstić information content (AvgIpc) is 3.25. The van der Waals surface area contributed by atoms with Crippen LogP contribution in [0.1, 0.15) is 11.1 Å². The first kappa shape index (κ1) is 19.8. The second kappa shape index (κ2) is 8.56. The molecule has 1 aliphatic rings. The fraction of sp³-hybridized carbons (Fsp3) is 0.138. The van der Waals surface area contributed by atoms with Crippen molar-refractivity contribution in [2.24, 2.45) is 0 Å². The van der Waals surface area contributed by atoms with E-state index in [-0.39, 0.29) is 0 Å². The molecule has 0 fully saturated rings. The normalized spacial score (nSPS) is 13.6. The summed E-state index contributed by atoms with van der Waals surface area (Å²) in [5.74, 6) is 1.13. The molecule has 2 heteroatoms. The van der Waals surface area contributed by atoms with Gasteiger partial charge in [0.25, 0.3) is 0 Å². The molecule has 152 valence electrons. The first-order valence-corrected chi connectivity index (χ1v) is 11.8. The van der Waals surface area contributed by atoms with E-state index < -0.39 is 0 Å². The Bertz CT molecular complexity index is 1180. The van der Waals surface area contributed by atoms with Crippen molar-refractivity contribution in [2.45, 2.75) is 6.92 Å². The van der Waals surface area contributed by atoms with E-state index in [2.05, 4.69) is 116 Å². The highest BCUT2D eigenvalue weighted by atomic mass is 32.2. The van der Waals surface area contributed by atoms with E-state index >= 15 is 0 Å².